The van der Waals surface area contributed by atoms with Crippen molar-refractivity contribution in [3.8, 4) is 0 Å². The minimum Gasteiger partial charge on any atom is -0.465 e. The Morgan fingerprint density at radius 1 is 1.45 bits per heavy atom. The average molecular weight is 276 g/mol. The highest BCUT2D eigenvalue weighted by Crippen LogP contribution is 2.23. The van der Waals surface area contributed by atoms with Gasteiger partial charge in [-0.15, -0.1) is 6.58 Å². The van der Waals surface area contributed by atoms with Gasteiger partial charge in [0.05, 0.1) is 6.54 Å². The third-order valence-corrected chi connectivity index (χ3v) is 3.87. The first-order valence-electron chi connectivity index (χ1n) is 7.57. The highest BCUT2D eigenvalue weighted by Gasteiger charge is 2.23. The zero-order valence-corrected chi connectivity index (χ0v) is 13.3. The van der Waals surface area contributed by atoms with Crippen molar-refractivity contribution in [2.24, 2.45) is 0 Å². The molecule has 0 unspecified atom stereocenters. The molecule has 1 aromatic rings. The van der Waals surface area contributed by atoms with Crippen LogP contribution < -0.4 is 5.32 Å². The van der Waals surface area contributed by atoms with Crippen molar-refractivity contribution in [3.05, 3.63) is 35.8 Å². The monoisotopic (exact) mass is 276 g/mol. The summed E-state index contributed by atoms with van der Waals surface area (Å²) in [6, 6.07) is 2.92. The lowest BCUT2D eigenvalue weighted by atomic mass is 10.0. The zero-order chi connectivity index (χ0) is 14.8. The van der Waals surface area contributed by atoms with Crippen LogP contribution in [0, 0.1) is 6.92 Å². The molecule has 0 amide bonds. The summed E-state index contributed by atoms with van der Waals surface area (Å²) in [7, 11) is 0. The van der Waals surface area contributed by atoms with Gasteiger partial charge in [-0.2, -0.15) is 0 Å². The molecule has 0 radical (unpaired) electrons. The molecule has 20 heavy (non-hydrogen) atoms. The zero-order valence-electron chi connectivity index (χ0n) is 13.3. The largest absolute Gasteiger partial charge is 0.465 e. The number of hydrogen-bond acceptors (Lipinski definition) is 3. The molecule has 1 aliphatic rings. The predicted octanol–water partition coefficient (Wildman–Crippen LogP) is 3.63. The standard InChI is InChI=1S/C17H28N2O/c1-6-9-19(17(3,4)5)12-14-10-16(20-13(14)2)11-18-15-7-8-15/h6,10,15,18H,1,7-9,11-12H2,2-5H3. The number of furan rings is 1. The molecule has 3 nitrogen and oxygen atoms in total. The third kappa shape index (κ3) is 4.22. The summed E-state index contributed by atoms with van der Waals surface area (Å²) in [6.45, 7) is 15.3. The second-order valence-electron chi connectivity index (χ2n) is 6.79. The summed E-state index contributed by atoms with van der Waals surface area (Å²) in [5.74, 6) is 2.09. The number of nitrogens with one attached hydrogen (secondary N) is 1. The summed E-state index contributed by atoms with van der Waals surface area (Å²) in [5.41, 5.74) is 1.42. The molecule has 112 valence electrons. The summed E-state index contributed by atoms with van der Waals surface area (Å²) in [4.78, 5) is 2.41. The second-order valence-corrected chi connectivity index (χ2v) is 6.79. The Kier molecular flexibility index (Phi) is 4.71. The minimum atomic E-state index is 0.129. The van der Waals surface area contributed by atoms with Gasteiger partial charge in [0, 0.05) is 30.2 Å². The molecule has 1 fully saturated rings. The van der Waals surface area contributed by atoms with E-state index in [1.165, 1.54) is 18.4 Å². The highest BCUT2D eigenvalue weighted by molar-refractivity contribution is 5.21. The Balaban J connectivity index is 2.00. The maximum absolute atomic E-state index is 5.87. The van der Waals surface area contributed by atoms with Crippen LogP contribution in [0.2, 0.25) is 0 Å². The van der Waals surface area contributed by atoms with Crippen LogP contribution in [-0.4, -0.2) is 23.0 Å². The number of nitrogens with zero attached hydrogens (tertiary/aromatic N) is 1. The van der Waals surface area contributed by atoms with Gasteiger partial charge in [-0.1, -0.05) is 6.08 Å². The lowest BCUT2D eigenvalue weighted by molar-refractivity contribution is 0.144. The van der Waals surface area contributed by atoms with Crippen molar-refractivity contribution in [1.29, 1.82) is 0 Å². The molecule has 0 saturated heterocycles. The Hall–Kier alpha value is -1.06. The molecule has 0 spiro atoms. The van der Waals surface area contributed by atoms with Crippen LogP contribution in [0.5, 0.6) is 0 Å². The van der Waals surface area contributed by atoms with Crippen molar-refractivity contribution >= 4 is 0 Å². The van der Waals surface area contributed by atoms with E-state index >= 15 is 0 Å². The van der Waals surface area contributed by atoms with Gasteiger partial charge in [0.25, 0.3) is 0 Å². The fraction of sp³-hybridized carbons (Fsp3) is 0.647. The summed E-state index contributed by atoms with van der Waals surface area (Å²) >= 11 is 0. The van der Waals surface area contributed by atoms with Crippen LogP contribution in [0.15, 0.2) is 23.1 Å². The fourth-order valence-corrected chi connectivity index (χ4v) is 2.30. The maximum Gasteiger partial charge on any atom is 0.118 e. The van der Waals surface area contributed by atoms with E-state index in [4.69, 9.17) is 4.42 Å². The van der Waals surface area contributed by atoms with Gasteiger partial charge in [-0.25, -0.2) is 0 Å². The van der Waals surface area contributed by atoms with Crippen LogP contribution in [0.1, 0.15) is 50.7 Å². The third-order valence-electron chi connectivity index (χ3n) is 3.87. The van der Waals surface area contributed by atoms with Crippen molar-refractivity contribution < 1.29 is 4.42 Å². The van der Waals surface area contributed by atoms with Crippen molar-refractivity contribution in [3.63, 3.8) is 0 Å². The fourth-order valence-electron chi connectivity index (χ4n) is 2.30. The minimum absolute atomic E-state index is 0.129. The van der Waals surface area contributed by atoms with Gasteiger partial charge < -0.3 is 9.73 Å². The molecular weight excluding hydrogens is 248 g/mol. The Morgan fingerprint density at radius 2 is 2.15 bits per heavy atom. The molecule has 0 aromatic carbocycles. The van der Waals surface area contributed by atoms with Crippen LogP contribution >= 0.6 is 0 Å². The quantitative estimate of drug-likeness (QED) is 0.771. The van der Waals surface area contributed by atoms with Crippen molar-refractivity contribution in [2.45, 2.75) is 65.2 Å². The van der Waals surface area contributed by atoms with Crippen LogP contribution in [0.4, 0.5) is 0 Å². The normalized spacial score (nSPS) is 15.8. The molecular formula is C17H28N2O. The average Bonchev–Trinajstić information content (AvgIpc) is 3.11. The molecule has 1 aliphatic carbocycles. The predicted molar refractivity (Wildman–Crippen MR) is 83.7 cm³/mol. The summed E-state index contributed by atoms with van der Waals surface area (Å²) < 4.78 is 5.87. The van der Waals surface area contributed by atoms with E-state index in [0.29, 0.717) is 0 Å². The summed E-state index contributed by atoms with van der Waals surface area (Å²) in [6.07, 6.45) is 4.59. The molecule has 2 rings (SSSR count). The lowest BCUT2D eigenvalue weighted by Crippen LogP contribution is -2.40. The van der Waals surface area contributed by atoms with Crippen molar-refractivity contribution in [2.75, 3.05) is 6.54 Å². The van der Waals surface area contributed by atoms with Crippen LogP contribution in [0.3, 0.4) is 0 Å². The van der Waals surface area contributed by atoms with Gasteiger partial charge in [-0.05, 0) is 46.6 Å². The second kappa shape index (κ2) is 6.15. The van der Waals surface area contributed by atoms with Gasteiger partial charge >= 0.3 is 0 Å². The molecule has 1 saturated carbocycles. The molecule has 1 heterocycles. The van der Waals surface area contributed by atoms with E-state index < -0.39 is 0 Å². The maximum atomic E-state index is 5.87. The van der Waals surface area contributed by atoms with Gasteiger partial charge in [-0.3, -0.25) is 4.90 Å². The Labute approximate surface area is 123 Å². The number of aryl methyl sites for hydroxylation is 1. The molecule has 0 bridgehead atoms. The number of hydrogen-bond donors (Lipinski definition) is 1. The first kappa shape index (κ1) is 15.3. The van der Waals surface area contributed by atoms with Gasteiger partial charge in [0.1, 0.15) is 11.5 Å². The van der Waals surface area contributed by atoms with E-state index in [-0.39, 0.29) is 5.54 Å². The van der Waals surface area contributed by atoms with E-state index in [0.717, 1.165) is 37.2 Å². The lowest BCUT2D eigenvalue weighted by Gasteiger charge is -2.34. The Bertz CT molecular complexity index is 452. The van der Waals surface area contributed by atoms with Crippen LogP contribution in [-0.2, 0) is 13.1 Å². The van der Waals surface area contributed by atoms with Gasteiger partial charge in [0.2, 0.25) is 0 Å². The molecule has 0 aliphatic heterocycles. The highest BCUT2D eigenvalue weighted by atomic mass is 16.3. The van der Waals surface area contributed by atoms with E-state index in [1.54, 1.807) is 0 Å². The molecule has 1 aromatic heterocycles. The number of rotatable bonds is 7. The SMILES string of the molecule is C=CCN(Cc1cc(CNC2CC2)oc1C)C(C)(C)C. The first-order chi connectivity index (χ1) is 9.40. The Morgan fingerprint density at radius 3 is 2.70 bits per heavy atom. The molecule has 3 heteroatoms. The van der Waals surface area contributed by atoms with E-state index in [9.17, 15) is 0 Å². The summed E-state index contributed by atoms with van der Waals surface area (Å²) in [5, 5.41) is 3.50. The van der Waals surface area contributed by atoms with Crippen LogP contribution in [0.25, 0.3) is 0 Å². The topological polar surface area (TPSA) is 28.4 Å². The van der Waals surface area contributed by atoms with E-state index in [1.807, 2.05) is 6.08 Å². The van der Waals surface area contributed by atoms with Gasteiger partial charge in [0.15, 0.2) is 0 Å². The smallest absolute Gasteiger partial charge is 0.118 e. The van der Waals surface area contributed by atoms with E-state index in [2.05, 4.69) is 50.6 Å². The first-order valence-corrected chi connectivity index (χ1v) is 7.57. The molecule has 1 N–H and O–H groups in total. The molecule has 0 atom stereocenters. The van der Waals surface area contributed by atoms with Crippen molar-refractivity contribution in [1.82, 2.24) is 10.2 Å².